The molecule has 2 heterocycles. The van der Waals surface area contributed by atoms with Crippen LogP contribution in [0.15, 0.2) is 152 Å². The van der Waals surface area contributed by atoms with Crippen molar-refractivity contribution in [1.29, 1.82) is 0 Å². The molecule has 0 atom stereocenters. The minimum absolute atomic E-state index is 1.17. The molecule has 0 radical (unpaired) electrons. The number of rotatable bonds is 4. The van der Waals surface area contributed by atoms with Crippen molar-refractivity contribution >= 4 is 90.9 Å². The second-order valence-corrected chi connectivity index (χ2v) is 13.0. The van der Waals surface area contributed by atoms with E-state index in [4.69, 9.17) is 0 Å². The summed E-state index contributed by atoms with van der Waals surface area (Å²) in [5.74, 6) is 0. The lowest BCUT2D eigenvalue weighted by Crippen LogP contribution is -2.12. The van der Waals surface area contributed by atoms with Gasteiger partial charge in [0.1, 0.15) is 0 Å². The average Bonchev–Trinajstić information content (AvgIpc) is 3.64. The molecule has 0 aliphatic carbocycles. The normalized spacial score (nSPS) is 11.7. The van der Waals surface area contributed by atoms with Crippen molar-refractivity contribution in [2.75, 3.05) is 4.90 Å². The molecule has 43 heavy (non-hydrogen) atoms. The number of para-hydroxylation sites is 1. The second-order valence-electron chi connectivity index (χ2n) is 10.9. The van der Waals surface area contributed by atoms with Crippen LogP contribution in [0, 0.1) is 0 Å². The molecule has 0 aliphatic rings. The van der Waals surface area contributed by atoms with Crippen LogP contribution in [-0.2, 0) is 0 Å². The molecule has 0 aliphatic heterocycles. The first-order valence-corrected chi connectivity index (χ1v) is 16.2. The lowest BCUT2D eigenvalue weighted by Gasteiger charge is -2.29. The Labute approximate surface area is 257 Å². The SMILES string of the molecule is c1ccc(N(c2cccc3ccccc23)c2cccc3c2sc2ccccc23)c(-c2ccc3sc4ccccc4c3c2)c1. The van der Waals surface area contributed by atoms with Gasteiger partial charge in [0.05, 0.1) is 21.8 Å². The first-order chi connectivity index (χ1) is 21.3. The van der Waals surface area contributed by atoms with Gasteiger partial charge >= 0.3 is 0 Å². The van der Waals surface area contributed by atoms with E-state index in [1.807, 2.05) is 22.7 Å². The van der Waals surface area contributed by atoms with Gasteiger partial charge in [-0.25, -0.2) is 0 Å². The maximum Gasteiger partial charge on any atom is 0.0640 e. The monoisotopic (exact) mass is 583 g/mol. The van der Waals surface area contributed by atoms with Crippen LogP contribution in [0.1, 0.15) is 0 Å². The van der Waals surface area contributed by atoms with Crippen LogP contribution in [0.3, 0.4) is 0 Å². The third-order valence-corrected chi connectivity index (χ3v) is 10.8. The van der Waals surface area contributed by atoms with Crippen molar-refractivity contribution < 1.29 is 0 Å². The molecule has 202 valence electrons. The summed E-state index contributed by atoms with van der Waals surface area (Å²) in [6, 6.07) is 55.5. The molecule has 0 amide bonds. The number of thiophene rings is 2. The van der Waals surface area contributed by atoms with Crippen LogP contribution in [0.25, 0.3) is 62.2 Å². The first-order valence-electron chi connectivity index (χ1n) is 14.5. The van der Waals surface area contributed by atoms with Crippen molar-refractivity contribution in [2.24, 2.45) is 0 Å². The largest absolute Gasteiger partial charge is 0.308 e. The van der Waals surface area contributed by atoms with Gasteiger partial charge in [-0.1, -0.05) is 109 Å². The molecule has 0 fully saturated rings. The molecule has 0 spiro atoms. The number of nitrogens with zero attached hydrogens (tertiary/aromatic N) is 1. The van der Waals surface area contributed by atoms with Gasteiger partial charge in [-0.05, 0) is 53.4 Å². The number of anilines is 3. The van der Waals surface area contributed by atoms with E-state index in [-0.39, 0.29) is 0 Å². The fraction of sp³-hybridized carbons (Fsp3) is 0. The van der Waals surface area contributed by atoms with Gasteiger partial charge in [0.15, 0.2) is 0 Å². The van der Waals surface area contributed by atoms with Crippen molar-refractivity contribution in [2.45, 2.75) is 0 Å². The summed E-state index contributed by atoms with van der Waals surface area (Å²) in [4.78, 5) is 2.49. The smallest absolute Gasteiger partial charge is 0.0640 e. The van der Waals surface area contributed by atoms with E-state index in [1.165, 1.54) is 79.3 Å². The summed E-state index contributed by atoms with van der Waals surface area (Å²) in [5, 5.41) is 7.71. The zero-order chi connectivity index (χ0) is 28.3. The molecular formula is C40H25NS2. The van der Waals surface area contributed by atoms with Crippen LogP contribution in [-0.4, -0.2) is 0 Å². The molecule has 7 aromatic carbocycles. The molecule has 0 saturated carbocycles. The standard InChI is InChI=1S/C40H25NS2/c1-2-13-28-26(11-1)12-9-19-35(28)41(36-20-10-17-32-30-15-4-8-22-38(30)43-40(32)36)34-18-6-3-14-29(34)27-23-24-39-33(25-27)31-16-5-7-21-37(31)42-39/h1-25H. The predicted molar refractivity (Wildman–Crippen MR) is 190 cm³/mol. The van der Waals surface area contributed by atoms with Gasteiger partial charge in [-0.2, -0.15) is 0 Å². The lowest BCUT2D eigenvalue weighted by atomic mass is 9.98. The molecular weight excluding hydrogens is 559 g/mol. The molecule has 3 heteroatoms. The average molecular weight is 584 g/mol. The molecule has 0 N–H and O–H groups in total. The zero-order valence-electron chi connectivity index (χ0n) is 23.2. The van der Waals surface area contributed by atoms with Crippen LogP contribution >= 0.6 is 22.7 Å². The van der Waals surface area contributed by atoms with Crippen molar-refractivity contribution in [3.8, 4) is 11.1 Å². The molecule has 0 saturated heterocycles. The van der Waals surface area contributed by atoms with Gasteiger partial charge in [0, 0.05) is 46.6 Å². The van der Waals surface area contributed by atoms with E-state index in [1.54, 1.807) is 0 Å². The maximum absolute atomic E-state index is 2.49. The minimum Gasteiger partial charge on any atom is -0.308 e. The fourth-order valence-corrected chi connectivity index (χ4v) is 8.80. The number of fused-ring (bicyclic) bond motifs is 7. The predicted octanol–water partition coefficient (Wildman–Crippen LogP) is 12.7. The molecule has 0 bridgehead atoms. The van der Waals surface area contributed by atoms with Crippen LogP contribution < -0.4 is 4.90 Å². The summed E-state index contributed by atoms with van der Waals surface area (Å²) < 4.78 is 5.26. The summed E-state index contributed by atoms with van der Waals surface area (Å²) in [6.07, 6.45) is 0. The van der Waals surface area contributed by atoms with E-state index in [0.717, 1.165) is 0 Å². The van der Waals surface area contributed by atoms with E-state index in [9.17, 15) is 0 Å². The van der Waals surface area contributed by atoms with Crippen LogP contribution in [0.2, 0.25) is 0 Å². The second kappa shape index (κ2) is 9.81. The van der Waals surface area contributed by atoms with Gasteiger partial charge in [-0.15, -0.1) is 22.7 Å². The number of hydrogen-bond donors (Lipinski definition) is 0. The Morgan fingerprint density at radius 3 is 1.84 bits per heavy atom. The third-order valence-electron chi connectivity index (χ3n) is 8.46. The zero-order valence-corrected chi connectivity index (χ0v) is 24.8. The van der Waals surface area contributed by atoms with E-state index >= 15 is 0 Å². The van der Waals surface area contributed by atoms with E-state index in [0.29, 0.717) is 0 Å². The Balaban J connectivity index is 1.35. The molecule has 2 aromatic heterocycles. The Bertz CT molecular complexity index is 2480. The summed E-state index contributed by atoms with van der Waals surface area (Å²) in [7, 11) is 0. The Morgan fingerprint density at radius 1 is 0.372 bits per heavy atom. The van der Waals surface area contributed by atoms with E-state index < -0.39 is 0 Å². The minimum atomic E-state index is 1.17. The Hall–Kier alpha value is -4.96. The molecule has 9 aromatic rings. The molecule has 9 rings (SSSR count). The van der Waals surface area contributed by atoms with Gasteiger partial charge in [0.2, 0.25) is 0 Å². The van der Waals surface area contributed by atoms with E-state index in [2.05, 4.69) is 157 Å². The van der Waals surface area contributed by atoms with Crippen molar-refractivity contribution in [3.63, 3.8) is 0 Å². The van der Waals surface area contributed by atoms with Gasteiger partial charge < -0.3 is 4.90 Å². The molecule has 0 unspecified atom stereocenters. The lowest BCUT2D eigenvalue weighted by molar-refractivity contribution is 1.32. The third kappa shape index (κ3) is 3.90. The fourth-order valence-electron chi connectivity index (χ4n) is 6.51. The highest BCUT2D eigenvalue weighted by Crippen LogP contribution is 2.49. The summed E-state index contributed by atoms with van der Waals surface area (Å²) >= 11 is 3.74. The topological polar surface area (TPSA) is 3.24 Å². The highest BCUT2D eigenvalue weighted by molar-refractivity contribution is 7.26. The highest BCUT2D eigenvalue weighted by atomic mass is 32.1. The number of hydrogen-bond acceptors (Lipinski definition) is 3. The van der Waals surface area contributed by atoms with Gasteiger partial charge in [-0.3, -0.25) is 0 Å². The van der Waals surface area contributed by atoms with Crippen LogP contribution in [0.4, 0.5) is 17.1 Å². The Kier molecular flexibility index (Phi) is 5.62. The Morgan fingerprint density at radius 2 is 0.953 bits per heavy atom. The van der Waals surface area contributed by atoms with Crippen LogP contribution in [0.5, 0.6) is 0 Å². The molecule has 1 nitrogen and oxygen atoms in total. The summed E-state index contributed by atoms with van der Waals surface area (Å²) in [6.45, 7) is 0. The number of benzene rings is 7. The van der Waals surface area contributed by atoms with Crippen molar-refractivity contribution in [1.82, 2.24) is 0 Å². The van der Waals surface area contributed by atoms with Crippen molar-refractivity contribution in [3.05, 3.63) is 152 Å². The maximum atomic E-state index is 2.49. The quantitative estimate of drug-likeness (QED) is 0.199. The van der Waals surface area contributed by atoms with Gasteiger partial charge in [0.25, 0.3) is 0 Å². The highest BCUT2D eigenvalue weighted by Gasteiger charge is 2.22. The summed E-state index contributed by atoms with van der Waals surface area (Å²) in [5.41, 5.74) is 5.98. The first kappa shape index (κ1) is 24.6.